The highest BCUT2D eigenvalue weighted by molar-refractivity contribution is 5.97. The number of rotatable bonds is 4. The Hall–Kier alpha value is -2.09. The molecule has 0 aliphatic heterocycles. The van der Waals surface area contributed by atoms with E-state index in [9.17, 15) is 4.79 Å². The minimum absolute atomic E-state index is 0.161. The molecule has 0 aliphatic carbocycles. The maximum Gasteiger partial charge on any atom is 0.162 e. The fourth-order valence-corrected chi connectivity index (χ4v) is 2.11. The summed E-state index contributed by atoms with van der Waals surface area (Å²) in [6.45, 7) is 3.92. The van der Waals surface area contributed by atoms with E-state index in [1.807, 2.05) is 50.2 Å². The van der Waals surface area contributed by atoms with Crippen LogP contribution in [0.3, 0.4) is 0 Å². The van der Waals surface area contributed by atoms with Crippen LogP contribution in [-0.2, 0) is 0 Å². The van der Waals surface area contributed by atoms with Crippen LogP contribution in [0.2, 0.25) is 0 Å². The molecule has 0 amide bonds. The van der Waals surface area contributed by atoms with E-state index in [2.05, 4.69) is 6.07 Å². The minimum atomic E-state index is 0.161. The van der Waals surface area contributed by atoms with Crippen LogP contribution >= 0.6 is 0 Å². The van der Waals surface area contributed by atoms with Gasteiger partial charge in [0, 0.05) is 17.5 Å². The number of carbonyl (C=O) groups is 1. The van der Waals surface area contributed by atoms with Crippen molar-refractivity contribution in [1.29, 1.82) is 0 Å². The first-order chi connectivity index (χ1) is 9.15. The first-order valence-corrected chi connectivity index (χ1v) is 6.44. The summed E-state index contributed by atoms with van der Waals surface area (Å²) in [6.07, 6.45) is 0.522. The molecule has 2 aromatic rings. The van der Waals surface area contributed by atoms with Crippen LogP contribution in [-0.4, -0.2) is 12.9 Å². The highest BCUT2D eigenvalue weighted by atomic mass is 16.5. The number of ketones is 1. The third kappa shape index (κ3) is 2.84. The zero-order valence-electron chi connectivity index (χ0n) is 11.6. The van der Waals surface area contributed by atoms with Crippen molar-refractivity contribution in [1.82, 2.24) is 0 Å². The number of aryl methyl sites for hydroxylation is 1. The van der Waals surface area contributed by atoms with Crippen molar-refractivity contribution in [3.8, 4) is 16.9 Å². The second-order valence-corrected chi connectivity index (χ2v) is 4.56. The van der Waals surface area contributed by atoms with Crippen molar-refractivity contribution in [2.75, 3.05) is 7.11 Å². The van der Waals surface area contributed by atoms with Gasteiger partial charge in [0.1, 0.15) is 5.75 Å². The fourth-order valence-electron chi connectivity index (χ4n) is 2.11. The molecule has 0 aliphatic rings. The highest BCUT2D eigenvalue weighted by Gasteiger charge is 2.09. The summed E-state index contributed by atoms with van der Waals surface area (Å²) in [5.74, 6) is 0.986. The number of hydrogen-bond donors (Lipinski definition) is 0. The predicted octanol–water partition coefficient (Wildman–Crippen LogP) is 4.26. The van der Waals surface area contributed by atoms with Gasteiger partial charge in [0.05, 0.1) is 7.11 Å². The molecule has 0 unspecified atom stereocenters. The van der Waals surface area contributed by atoms with E-state index in [4.69, 9.17) is 4.74 Å². The van der Waals surface area contributed by atoms with Crippen LogP contribution in [0.25, 0.3) is 11.1 Å². The second-order valence-electron chi connectivity index (χ2n) is 4.56. The van der Waals surface area contributed by atoms with Crippen molar-refractivity contribution < 1.29 is 9.53 Å². The Balaban J connectivity index is 2.52. The molecule has 0 heterocycles. The van der Waals surface area contributed by atoms with Gasteiger partial charge in [-0.3, -0.25) is 4.79 Å². The van der Waals surface area contributed by atoms with Crippen molar-refractivity contribution in [3.63, 3.8) is 0 Å². The summed E-state index contributed by atoms with van der Waals surface area (Å²) in [5, 5.41) is 0. The van der Waals surface area contributed by atoms with Crippen molar-refractivity contribution in [3.05, 3.63) is 53.6 Å². The molecular weight excluding hydrogens is 236 g/mol. The first-order valence-electron chi connectivity index (χ1n) is 6.44. The van der Waals surface area contributed by atoms with Crippen LogP contribution in [0.5, 0.6) is 5.75 Å². The van der Waals surface area contributed by atoms with Crippen LogP contribution in [0, 0.1) is 6.92 Å². The van der Waals surface area contributed by atoms with E-state index in [1.165, 1.54) is 5.56 Å². The van der Waals surface area contributed by atoms with E-state index in [-0.39, 0.29) is 5.78 Å². The summed E-state index contributed by atoms with van der Waals surface area (Å²) < 4.78 is 5.40. The molecule has 19 heavy (non-hydrogen) atoms. The lowest BCUT2D eigenvalue weighted by Crippen LogP contribution is -1.97. The molecular formula is C17H18O2. The molecule has 0 aromatic heterocycles. The monoisotopic (exact) mass is 254 g/mol. The number of hydrogen-bond acceptors (Lipinski definition) is 2. The molecule has 0 spiro atoms. The summed E-state index contributed by atoms with van der Waals surface area (Å²) in [4.78, 5) is 11.8. The van der Waals surface area contributed by atoms with E-state index in [0.717, 1.165) is 22.4 Å². The molecule has 0 saturated heterocycles. The third-order valence-corrected chi connectivity index (χ3v) is 3.17. The molecule has 0 bridgehead atoms. The molecule has 0 N–H and O–H groups in total. The Morgan fingerprint density at radius 3 is 2.63 bits per heavy atom. The van der Waals surface area contributed by atoms with Gasteiger partial charge in [-0.25, -0.2) is 0 Å². The van der Waals surface area contributed by atoms with Crippen molar-refractivity contribution >= 4 is 5.78 Å². The van der Waals surface area contributed by atoms with E-state index in [1.54, 1.807) is 7.11 Å². The lowest BCUT2D eigenvalue weighted by Gasteiger charge is -2.10. The van der Waals surface area contributed by atoms with Gasteiger partial charge in [0.15, 0.2) is 5.78 Å². The minimum Gasteiger partial charge on any atom is -0.496 e. The third-order valence-electron chi connectivity index (χ3n) is 3.17. The Bertz CT molecular complexity index is 600. The Labute approximate surface area is 114 Å². The first kappa shape index (κ1) is 13.3. The topological polar surface area (TPSA) is 26.3 Å². The molecule has 2 rings (SSSR count). The largest absolute Gasteiger partial charge is 0.496 e. The maximum absolute atomic E-state index is 11.8. The van der Waals surface area contributed by atoms with Gasteiger partial charge in [0.25, 0.3) is 0 Å². The number of methoxy groups -OCH3 is 1. The second kappa shape index (κ2) is 5.70. The molecule has 0 fully saturated rings. The van der Waals surface area contributed by atoms with Gasteiger partial charge < -0.3 is 4.74 Å². The standard InChI is InChI=1S/C17H18O2/c1-4-16(18)14-7-5-6-13(11-14)15-10-12(2)8-9-17(15)19-3/h5-11H,4H2,1-3H3. The predicted molar refractivity (Wildman–Crippen MR) is 77.8 cm³/mol. The van der Waals surface area contributed by atoms with E-state index < -0.39 is 0 Å². The van der Waals surface area contributed by atoms with E-state index in [0.29, 0.717) is 6.42 Å². The smallest absolute Gasteiger partial charge is 0.162 e. The molecule has 0 atom stereocenters. The van der Waals surface area contributed by atoms with Gasteiger partial charge in [-0.05, 0) is 30.7 Å². The maximum atomic E-state index is 11.8. The number of ether oxygens (including phenoxy) is 1. The number of Topliss-reactive ketones (excluding diaryl/α,β-unsaturated/α-hetero) is 1. The molecule has 0 radical (unpaired) electrons. The molecule has 98 valence electrons. The van der Waals surface area contributed by atoms with Gasteiger partial charge in [0.2, 0.25) is 0 Å². The molecule has 2 heteroatoms. The number of benzene rings is 2. The van der Waals surface area contributed by atoms with Crippen LogP contribution < -0.4 is 4.74 Å². The average Bonchev–Trinajstić information content (AvgIpc) is 2.46. The SMILES string of the molecule is CCC(=O)c1cccc(-c2cc(C)ccc2OC)c1. The lowest BCUT2D eigenvalue weighted by atomic mass is 9.98. The highest BCUT2D eigenvalue weighted by Crippen LogP contribution is 2.31. The Morgan fingerprint density at radius 1 is 1.16 bits per heavy atom. The zero-order chi connectivity index (χ0) is 13.8. The van der Waals surface area contributed by atoms with E-state index >= 15 is 0 Å². The van der Waals surface area contributed by atoms with Gasteiger partial charge >= 0.3 is 0 Å². The normalized spacial score (nSPS) is 10.3. The number of carbonyl (C=O) groups excluding carboxylic acids is 1. The molecule has 2 aromatic carbocycles. The summed E-state index contributed by atoms with van der Waals surface area (Å²) >= 11 is 0. The lowest BCUT2D eigenvalue weighted by molar-refractivity contribution is 0.0988. The Kier molecular flexibility index (Phi) is 4.00. The zero-order valence-corrected chi connectivity index (χ0v) is 11.6. The van der Waals surface area contributed by atoms with Crippen molar-refractivity contribution in [2.24, 2.45) is 0 Å². The Morgan fingerprint density at radius 2 is 1.95 bits per heavy atom. The van der Waals surface area contributed by atoms with Gasteiger partial charge in [-0.2, -0.15) is 0 Å². The summed E-state index contributed by atoms with van der Waals surface area (Å²) in [5.41, 5.74) is 3.96. The molecule has 2 nitrogen and oxygen atoms in total. The van der Waals surface area contributed by atoms with Gasteiger partial charge in [-0.15, -0.1) is 0 Å². The van der Waals surface area contributed by atoms with Crippen LogP contribution in [0.15, 0.2) is 42.5 Å². The summed E-state index contributed by atoms with van der Waals surface area (Å²) in [6, 6.07) is 13.8. The van der Waals surface area contributed by atoms with Crippen LogP contribution in [0.4, 0.5) is 0 Å². The molecule has 0 saturated carbocycles. The van der Waals surface area contributed by atoms with Crippen LogP contribution in [0.1, 0.15) is 29.3 Å². The average molecular weight is 254 g/mol. The summed E-state index contributed by atoms with van der Waals surface area (Å²) in [7, 11) is 1.66. The van der Waals surface area contributed by atoms with Crippen molar-refractivity contribution in [2.45, 2.75) is 20.3 Å². The fraction of sp³-hybridized carbons (Fsp3) is 0.235. The van der Waals surface area contributed by atoms with Gasteiger partial charge in [-0.1, -0.05) is 36.8 Å². The quantitative estimate of drug-likeness (QED) is 0.762.